The predicted molar refractivity (Wildman–Crippen MR) is 503 cm³/mol. The molecule has 18 aromatic heterocycles. The Kier molecular flexibility index (Phi) is 28.4. The Morgan fingerprint density at radius 1 is 0.406 bits per heavy atom. The van der Waals surface area contributed by atoms with Crippen LogP contribution in [0.1, 0.15) is 150 Å². The second kappa shape index (κ2) is 41.5. The highest BCUT2D eigenvalue weighted by Gasteiger charge is 2.31. The summed E-state index contributed by atoms with van der Waals surface area (Å²) < 4.78 is 29.4. The van der Waals surface area contributed by atoms with Crippen LogP contribution in [0.4, 0.5) is 34.1 Å². The predicted octanol–water partition coefficient (Wildman–Crippen LogP) is 18.8. The molecular formula is C96H98N32O5. The van der Waals surface area contributed by atoms with E-state index in [0.29, 0.717) is 91.2 Å². The Labute approximate surface area is 764 Å². The molecule has 2 fully saturated rings. The fraction of sp³-hybridized carbons (Fsp3) is 0.292. The number of carbonyl (C=O) groups is 3. The fourth-order valence-corrected chi connectivity index (χ4v) is 17.5. The minimum atomic E-state index is -0.150. The van der Waals surface area contributed by atoms with Gasteiger partial charge in [0.15, 0.2) is 0 Å². The molecule has 0 spiro atoms. The van der Waals surface area contributed by atoms with Gasteiger partial charge in [0.25, 0.3) is 0 Å². The summed E-state index contributed by atoms with van der Waals surface area (Å²) in [5.74, 6) is 1.01. The van der Waals surface area contributed by atoms with Gasteiger partial charge in [-0.1, -0.05) is 25.7 Å². The number of anilines is 3. The van der Waals surface area contributed by atoms with Crippen molar-refractivity contribution >= 4 is 86.5 Å². The molecule has 18 heterocycles. The van der Waals surface area contributed by atoms with Crippen molar-refractivity contribution in [1.29, 1.82) is 10.5 Å². The van der Waals surface area contributed by atoms with Gasteiger partial charge < -0.3 is 25.4 Å². The van der Waals surface area contributed by atoms with Crippen LogP contribution in [0.3, 0.4) is 0 Å². The summed E-state index contributed by atoms with van der Waals surface area (Å²) >= 11 is 0. The van der Waals surface area contributed by atoms with Crippen LogP contribution >= 0.6 is 0 Å². The van der Waals surface area contributed by atoms with Crippen molar-refractivity contribution in [2.75, 3.05) is 29.2 Å². The third-order valence-corrected chi connectivity index (χ3v) is 23.7. The first kappa shape index (κ1) is 90.9. The number of aryl methyl sites for hydroxylation is 6. The number of nitriles is 2. The van der Waals surface area contributed by atoms with Crippen molar-refractivity contribution in [3.05, 3.63) is 253 Å². The molecule has 37 heteroatoms. The maximum absolute atomic E-state index is 11.1. The first-order valence-electron chi connectivity index (χ1n) is 43.6. The number of fused-ring (bicyclic) bond motifs is 6. The van der Waals surface area contributed by atoms with Crippen LogP contribution in [0.5, 0.6) is 0 Å². The van der Waals surface area contributed by atoms with Gasteiger partial charge in [-0.15, -0.1) is 0 Å². The Morgan fingerprint density at radius 2 is 0.714 bits per heavy atom. The molecule has 2 aliphatic rings. The highest BCUT2D eigenvalue weighted by molar-refractivity contribution is 5.97. The molecular weight excluding hydrogens is 1680 g/mol. The number of hydrogen-bond acceptors (Lipinski definition) is 19. The standard InChI is InChI=1S/C20H22N6O.C20H20N6.C16H19N5O2.C16H17N5O.C12H11N5O.C12H9N5/c1-14-8-19-20(17(22-13-27)10-24-25(19)11-14)16-9-23-26(12-16)18(6-7-21)15-4-2-3-5-15;1-14-7-8-19-20(17(22-2)12-24-26(14)19)16-11-23-25(13-16)18(9-10-21)15-5-3-4-6-15;1-4-23-12(3)20-9-13(6-18-20)16-14(17-10-22)7-19-21-8-11(2)5-15(16)21;1-5-22-12(3)20-10-13(8-18-20)16-14(17-4)9-19-21-11(2)6-7-15(16)21;1-8-2-11-12(9-3-14-15-4-9)10(13-7-18)5-16-17(11)6-8;1-8-3-4-11-12(9-5-14-15-6-9)10(13-2)7-16-17(8)11/h8-13,15,18H,2-6H2,1H3,(H,22,27);7-8,11-13,15,18H,3-6,9H2,1H3;5-10,12H,4H2,1-3H3,(H,17,22);6-10,12H,5H2,1-3H3;2-7H,1H3,(H,13,18)(H,14,15);3-7H,1H3,(H,14,15). The molecule has 20 rings (SSSR count). The molecule has 4 atom stereocenters. The van der Waals surface area contributed by atoms with E-state index in [0.717, 1.165) is 159 Å². The molecule has 37 nitrogen and oxygen atoms in total. The number of aromatic nitrogens is 24. The van der Waals surface area contributed by atoms with Crippen molar-refractivity contribution in [3.63, 3.8) is 0 Å². The van der Waals surface area contributed by atoms with E-state index < -0.39 is 0 Å². The highest BCUT2D eigenvalue weighted by atomic mass is 16.5. The fourth-order valence-electron chi connectivity index (χ4n) is 17.5. The summed E-state index contributed by atoms with van der Waals surface area (Å²) in [6.45, 7) is 43.1. The first-order chi connectivity index (χ1) is 64.8. The van der Waals surface area contributed by atoms with E-state index in [1.54, 1.807) is 92.8 Å². The molecule has 18 aromatic rings. The lowest BCUT2D eigenvalue weighted by Gasteiger charge is -2.21. The number of nitrogens with zero attached hydrogens (tertiary/aromatic N) is 27. The minimum Gasteiger partial charge on any atom is -0.357 e. The van der Waals surface area contributed by atoms with E-state index in [9.17, 15) is 24.9 Å². The maximum Gasteiger partial charge on any atom is 0.216 e. The molecule has 133 heavy (non-hydrogen) atoms. The molecule has 0 aromatic carbocycles. The van der Waals surface area contributed by atoms with Crippen LogP contribution in [0.25, 0.3) is 114 Å². The molecule has 0 bridgehead atoms. The molecule has 4 unspecified atom stereocenters. The van der Waals surface area contributed by atoms with Gasteiger partial charge in [-0.2, -0.15) is 71.7 Å². The molecule has 2 aliphatic carbocycles. The summed E-state index contributed by atoms with van der Waals surface area (Å²) in [5, 5.41) is 83.9. The number of nitrogens with one attached hydrogen (secondary N) is 5. The Hall–Kier alpha value is -16.8. The minimum absolute atomic E-state index is 0.0973. The van der Waals surface area contributed by atoms with Gasteiger partial charge in [0, 0.05) is 153 Å². The molecule has 0 aliphatic heterocycles. The van der Waals surface area contributed by atoms with Crippen LogP contribution in [0.15, 0.2) is 185 Å². The lowest BCUT2D eigenvalue weighted by Crippen LogP contribution is -2.17. The van der Waals surface area contributed by atoms with E-state index in [1.165, 1.54) is 25.7 Å². The van der Waals surface area contributed by atoms with Gasteiger partial charge in [0.2, 0.25) is 36.3 Å². The van der Waals surface area contributed by atoms with Crippen LogP contribution in [0, 0.1) is 95.8 Å². The number of rotatable bonds is 24. The number of H-pyrrole nitrogens is 2. The second-order valence-electron chi connectivity index (χ2n) is 32.4. The van der Waals surface area contributed by atoms with Crippen molar-refractivity contribution in [2.24, 2.45) is 11.8 Å². The summed E-state index contributed by atoms with van der Waals surface area (Å²) in [4.78, 5) is 43.4. The molecule has 0 saturated heterocycles. The van der Waals surface area contributed by atoms with E-state index in [2.05, 4.69) is 114 Å². The summed E-state index contributed by atoms with van der Waals surface area (Å²) in [5.41, 5.74) is 26.1. The first-order valence-corrected chi connectivity index (χ1v) is 43.6. The summed E-state index contributed by atoms with van der Waals surface area (Å²) in [6, 6.07) is 22.9. The van der Waals surface area contributed by atoms with Crippen molar-refractivity contribution in [2.45, 2.75) is 158 Å². The van der Waals surface area contributed by atoms with Gasteiger partial charge in [0.05, 0.1) is 181 Å². The third kappa shape index (κ3) is 19.5. The second-order valence-corrected chi connectivity index (χ2v) is 32.4. The zero-order valence-electron chi connectivity index (χ0n) is 75.1. The van der Waals surface area contributed by atoms with E-state index in [-0.39, 0.29) is 24.5 Å². The van der Waals surface area contributed by atoms with E-state index in [4.69, 9.17) is 29.2 Å². The van der Waals surface area contributed by atoms with Gasteiger partial charge in [-0.05, 0) is 178 Å². The Morgan fingerprint density at radius 3 is 1.02 bits per heavy atom. The number of ether oxygens (including phenoxy) is 2. The van der Waals surface area contributed by atoms with Crippen LogP contribution in [-0.2, 0) is 23.9 Å². The molecule has 0 radical (unpaired) electrons. The van der Waals surface area contributed by atoms with Crippen LogP contribution in [0.2, 0.25) is 0 Å². The molecule has 672 valence electrons. The topological polar surface area (TPSA) is 399 Å². The highest BCUT2D eigenvalue weighted by Crippen LogP contribution is 2.43. The van der Waals surface area contributed by atoms with Gasteiger partial charge in [-0.3, -0.25) is 33.9 Å². The van der Waals surface area contributed by atoms with Gasteiger partial charge in [-0.25, -0.2) is 51.0 Å². The lowest BCUT2D eigenvalue weighted by atomic mass is 9.96. The number of aromatic amines is 2. The van der Waals surface area contributed by atoms with Gasteiger partial charge in [0.1, 0.15) is 12.5 Å². The summed E-state index contributed by atoms with van der Waals surface area (Å²) in [7, 11) is 0. The lowest BCUT2D eigenvalue weighted by molar-refractivity contribution is -0.106. The largest absolute Gasteiger partial charge is 0.357 e. The van der Waals surface area contributed by atoms with Crippen molar-refractivity contribution in [1.82, 2.24) is 117 Å². The van der Waals surface area contributed by atoms with E-state index >= 15 is 0 Å². The van der Waals surface area contributed by atoms with Gasteiger partial charge >= 0.3 is 0 Å². The molecule has 3 amide bonds. The SMILES string of the molecule is CCOC(C)n1cc(-c2c(NC=O)cnn3cc(C)cc23)cn1.Cc1cc2c(-c3cn[nH]c3)c(NC=O)cnn2c1.Cc1cc2c(-c3cnn(C(CC#N)C4CCCC4)c3)c(NC=O)cnn2c1.[C-]#[N+]c1cnn2c(C)ccc2c1-c1cn[nH]c1.[C-]#[N+]c1cnn2c(C)ccc2c1-c1cnn(C(C)OCC)c1.[C-]#[N+]c1cnn2c(C)ccc2c1-c1cnn(C(CC#N)C2CCCC2)c1. The van der Waals surface area contributed by atoms with Crippen molar-refractivity contribution in [3.8, 4) is 78.9 Å². The monoisotopic (exact) mass is 1780 g/mol. The zero-order valence-corrected chi connectivity index (χ0v) is 75.1. The van der Waals surface area contributed by atoms with E-state index in [1.807, 2.05) is 207 Å². The maximum atomic E-state index is 11.1. The number of carbonyl (C=O) groups excluding carboxylic acids is 3. The third-order valence-electron chi connectivity index (χ3n) is 23.7. The average Bonchev–Trinajstić information content (AvgIpc) is 1.68. The smallest absolute Gasteiger partial charge is 0.216 e. The molecule has 5 N–H and O–H groups in total. The van der Waals surface area contributed by atoms with Crippen LogP contribution < -0.4 is 16.0 Å². The number of amides is 3. The zero-order chi connectivity index (χ0) is 93.3. The Balaban J connectivity index is 0.000000123. The quantitative estimate of drug-likeness (QED) is 0.0277. The van der Waals surface area contributed by atoms with Crippen molar-refractivity contribution < 1.29 is 23.9 Å². The Bertz CT molecular complexity index is 7380. The normalized spacial score (nSPS) is 13.3. The van der Waals surface area contributed by atoms with Crippen LogP contribution in [-0.4, -0.2) is 150 Å². The number of hydrogen-bond donors (Lipinski definition) is 5. The molecule has 2 saturated carbocycles. The average molecular weight is 1780 g/mol. The summed E-state index contributed by atoms with van der Waals surface area (Å²) in [6.07, 6.45) is 49.6.